The van der Waals surface area contributed by atoms with Crippen LogP contribution in [0.5, 0.6) is 0 Å². The van der Waals surface area contributed by atoms with Gasteiger partial charge in [0, 0.05) is 48.8 Å². The molecule has 0 atom stereocenters. The topological polar surface area (TPSA) is 62.2 Å². The molecule has 0 aliphatic carbocycles. The van der Waals surface area contributed by atoms with Crippen LogP contribution in [-0.4, -0.2) is 51.9 Å². The van der Waals surface area contributed by atoms with E-state index in [0.29, 0.717) is 24.6 Å². The van der Waals surface area contributed by atoms with E-state index in [1.807, 2.05) is 41.3 Å². The zero-order valence-corrected chi connectivity index (χ0v) is 17.5. The van der Waals surface area contributed by atoms with Crippen molar-refractivity contribution in [3.8, 4) is 10.6 Å². The Balaban J connectivity index is 1.45. The van der Waals surface area contributed by atoms with Crippen LogP contribution < -0.4 is 4.90 Å². The number of rotatable bonds is 3. The number of fused-ring (bicyclic) bond motifs is 1. The second kappa shape index (κ2) is 7.84. The number of nitrogens with zero attached hydrogens (tertiary/aromatic N) is 5. The van der Waals surface area contributed by atoms with Gasteiger partial charge >= 0.3 is 0 Å². The number of aromatic nitrogens is 3. The standard InChI is InChI=1S/C23H21N5OS/c1-16-7-8-21(30-16)20-15-18(17-5-2-3-6-19(17)26-20)22(29)27-11-13-28(14-12-27)23-24-9-4-10-25-23/h2-10,15H,11-14H2,1H3. The second-order valence-corrected chi connectivity index (χ2v) is 8.60. The Morgan fingerprint density at radius 2 is 1.73 bits per heavy atom. The molecule has 1 fully saturated rings. The Morgan fingerprint density at radius 1 is 0.967 bits per heavy atom. The van der Waals surface area contributed by atoms with E-state index in [2.05, 4.69) is 33.9 Å². The number of hydrogen-bond acceptors (Lipinski definition) is 6. The molecule has 1 saturated heterocycles. The minimum absolute atomic E-state index is 0.0526. The molecule has 0 bridgehead atoms. The molecule has 1 aliphatic heterocycles. The summed E-state index contributed by atoms with van der Waals surface area (Å²) in [5.74, 6) is 0.770. The highest BCUT2D eigenvalue weighted by Crippen LogP contribution is 2.30. The molecule has 150 valence electrons. The lowest BCUT2D eigenvalue weighted by Crippen LogP contribution is -2.49. The minimum atomic E-state index is 0.0526. The number of anilines is 1. The van der Waals surface area contributed by atoms with Gasteiger partial charge in [0.2, 0.25) is 5.95 Å². The molecular formula is C23H21N5OS. The summed E-state index contributed by atoms with van der Waals surface area (Å²) in [6.45, 7) is 4.80. The van der Waals surface area contributed by atoms with Crippen molar-refractivity contribution in [3.63, 3.8) is 0 Å². The van der Waals surface area contributed by atoms with Crippen molar-refractivity contribution in [3.05, 3.63) is 71.4 Å². The summed E-state index contributed by atoms with van der Waals surface area (Å²) >= 11 is 1.70. The molecule has 5 rings (SSSR count). The van der Waals surface area contributed by atoms with Crippen LogP contribution in [0.15, 0.2) is 60.9 Å². The van der Waals surface area contributed by atoms with Gasteiger partial charge in [-0.15, -0.1) is 11.3 Å². The molecule has 0 radical (unpaired) electrons. The Labute approximate surface area is 178 Å². The number of para-hydroxylation sites is 1. The number of piperazine rings is 1. The van der Waals surface area contributed by atoms with Gasteiger partial charge in [-0.25, -0.2) is 15.0 Å². The summed E-state index contributed by atoms with van der Waals surface area (Å²) in [5, 5.41) is 0.897. The van der Waals surface area contributed by atoms with E-state index in [1.165, 1.54) is 4.88 Å². The molecule has 30 heavy (non-hydrogen) atoms. The van der Waals surface area contributed by atoms with Gasteiger partial charge in [0.05, 0.1) is 21.7 Å². The highest BCUT2D eigenvalue weighted by molar-refractivity contribution is 7.15. The van der Waals surface area contributed by atoms with E-state index in [0.717, 1.165) is 34.6 Å². The summed E-state index contributed by atoms with van der Waals surface area (Å²) < 4.78 is 0. The molecule has 0 saturated carbocycles. The van der Waals surface area contributed by atoms with Crippen LogP contribution in [0.1, 0.15) is 15.2 Å². The lowest BCUT2D eigenvalue weighted by atomic mass is 10.1. The molecule has 6 nitrogen and oxygen atoms in total. The molecule has 0 spiro atoms. The molecule has 3 aromatic heterocycles. The van der Waals surface area contributed by atoms with Crippen LogP contribution in [0.3, 0.4) is 0 Å². The quantitative estimate of drug-likeness (QED) is 0.506. The van der Waals surface area contributed by atoms with Gasteiger partial charge in [-0.05, 0) is 37.3 Å². The maximum atomic E-state index is 13.5. The molecular weight excluding hydrogens is 394 g/mol. The zero-order valence-electron chi connectivity index (χ0n) is 16.7. The van der Waals surface area contributed by atoms with Crippen molar-refractivity contribution < 1.29 is 4.79 Å². The fourth-order valence-corrected chi connectivity index (χ4v) is 4.61. The molecule has 1 aliphatic rings. The summed E-state index contributed by atoms with van der Waals surface area (Å²) in [6, 6.07) is 15.8. The fourth-order valence-electron chi connectivity index (χ4n) is 3.79. The minimum Gasteiger partial charge on any atom is -0.337 e. The average Bonchev–Trinajstić information content (AvgIpc) is 3.25. The van der Waals surface area contributed by atoms with Crippen LogP contribution in [0.4, 0.5) is 5.95 Å². The third-order valence-electron chi connectivity index (χ3n) is 5.34. The fraction of sp³-hybridized carbons (Fsp3) is 0.217. The molecule has 1 amide bonds. The van der Waals surface area contributed by atoms with Crippen LogP contribution in [0.25, 0.3) is 21.5 Å². The largest absolute Gasteiger partial charge is 0.337 e. The summed E-state index contributed by atoms with van der Waals surface area (Å²) in [6.07, 6.45) is 3.49. The van der Waals surface area contributed by atoms with E-state index in [1.54, 1.807) is 23.7 Å². The number of aryl methyl sites for hydroxylation is 1. The van der Waals surface area contributed by atoms with Gasteiger partial charge in [-0.2, -0.15) is 0 Å². The van der Waals surface area contributed by atoms with Crippen LogP contribution in [-0.2, 0) is 0 Å². The number of thiophene rings is 1. The van der Waals surface area contributed by atoms with Gasteiger partial charge < -0.3 is 9.80 Å². The Kier molecular flexibility index (Phi) is 4.88. The predicted octanol–water partition coefficient (Wildman–Crippen LogP) is 4.02. The van der Waals surface area contributed by atoms with Crippen molar-refractivity contribution in [2.45, 2.75) is 6.92 Å². The second-order valence-electron chi connectivity index (χ2n) is 7.31. The van der Waals surface area contributed by atoms with Crippen molar-refractivity contribution >= 4 is 34.1 Å². The van der Waals surface area contributed by atoms with Crippen LogP contribution in [0, 0.1) is 6.92 Å². The normalized spacial score (nSPS) is 14.3. The van der Waals surface area contributed by atoms with Gasteiger partial charge in [-0.1, -0.05) is 18.2 Å². The monoisotopic (exact) mass is 415 g/mol. The van der Waals surface area contributed by atoms with Gasteiger partial charge in [0.25, 0.3) is 5.91 Å². The van der Waals surface area contributed by atoms with E-state index in [4.69, 9.17) is 4.98 Å². The van der Waals surface area contributed by atoms with Gasteiger partial charge in [0.15, 0.2) is 0 Å². The first-order valence-corrected chi connectivity index (χ1v) is 10.8. The summed E-state index contributed by atoms with van der Waals surface area (Å²) in [4.78, 5) is 33.3. The molecule has 7 heteroatoms. The van der Waals surface area contributed by atoms with Crippen molar-refractivity contribution in [2.24, 2.45) is 0 Å². The predicted molar refractivity (Wildman–Crippen MR) is 120 cm³/mol. The highest BCUT2D eigenvalue weighted by atomic mass is 32.1. The number of benzene rings is 1. The zero-order chi connectivity index (χ0) is 20.5. The number of hydrogen-bond donors (Lipinski definition) is 0. The summed E-state index contributed by atoms with van der Waals surface area (Å²) in [5.41, 5.74) is 2.42. The molecule has 4 heterocycles. The van der Waals surface area contributed by atoms with E-state index >= 15 is 0 Å². The first-order chi connectivity index (χ1) is 14.7. The first-order valence-electron chi connectivity index (χ1n) is 9.97. The van der Waals surface area contributed by atoms with Crippen LogP contribution in [0.2, 0.25) is 0 Å². The smallest absolute Gasteiger partial charge is 0.254 e. The maximum Gasteiger partial charge on any atom is 0.254 e. The van der Waals surface area contributed by atoms with E-state index in [-0.39, 0.29) is 5.91 Å². The summed E-state index contributed by atoms with van der Waals surface area (Å²) in [7, 11) is 0. The molecule has 4 aromatic rings. The van der Waals surface area contributed by atoms with Crippen molar-refractivity contribution in [2.75, 3.05) is 31.1 Å². The average molecular weight is 416 g/mol. The SMILES string of the molecule is Cc1ccc(-c2cc(C(=O)N3CCN(c4ncccn4)CC3)c3ccccc3n2)s1. The van der Waals surface area contributed by atoms with Gasteiger partial charge in [0.1, 0.15) is 0 Å². The lowest BCUT2D eigenvalue weighted by Gasteiger charge is -2.34. The number of carbonyl (C=O) groups excluding carboxylic acids is 1. The molecule has 1 aromatic carbocycles. The van der Waals surface area contributed by atoms with E-state index in [9.17, 15) is 4.79 Å². The molecule has 0 unspecified atom stereocenters. The number of amides is 1. The highest BCUT2D eigenvalue weighted by Gasteiger charge is 2.25. The first kappa shape index (κ1) is 18.7. The maximum absolute atomic E-state index is 13.5. The number of pyridine rings is 1. The van der Waals surface area contributed by atoms with Crippen LogP contribution >= 0.6 is 11.3 Å². The van der Waals surface area contributed by atoms with Crippen molar-refractivity contribution in [1.29, 1.82) is 0 Å². The molecule has 0 N–H and O–H groups in total. The lowest BCUT2D eigenvalue weighted by molar-refractivity contribution is 0.0748. The van der Waals surface area contributed by atoms with E-state index < -0.39 is 0 Å². The van der Waals surface area contributed by atoms with Crippen molar-refractivity contribution in [1.82, 2.24) is 19.9 Å². The van der Waals surface area contributed by atoms with Gasteiger partial charge in [-0.3, -0.25) is 4.79 Å². The third kappa shape index (κ3) is 3.52. The Bertz CT molecular complexity index is 1200. The number of carbonyl (C=O) groups is 1. The Morgan fingerprint density at radius 3 is 2.47 bits per heavy atom. The Hall–Kier alpha value is -3.32. The third-order valence-corrected chi connectivity index (χ3v) is 6.36.